The van der Waals surface area contributed by atoms with Gasteiger partial charge in [0.2, 0.25) is 10.0 Å². The molecule has 0 unspecified atom stereocenters. The smallest absolute Gasteiger partial charge is 0.337 e. The van der Waals surface area contributed by atoms with Crippen molar-refractivity contribution in [1.82, 2.24) is 4.72 Å². The van der Waals surface area contributed by atoms with Crippen LogP contribution in [0.15, 0.2) is 57.9 Å². The number of sulfonamides is 1. The van der Waals surface area contributed by atoms with Crippen LogP contribution in [0.5, 0.6) is 0 Å². The Morgan fingerprint density at radius 2 is 1.74 bits per heavy atom. The van der Waals surface area contributed by atoms with Gasteiger partial charge in [-0.2, -0.15) is 0 Å². The molecule has 0 fully saturated rings. The highest BCUT2D eigenvalue weighted by atomic mass is 79.9. The lowest BCUT2D eigenvalue weighted by molar-refractivity contribution is 0.0600. The van der Waals surface area contributed by atoms with E-state index in [1.165, 1.54) is 31.4 Å². The average molecular weight is 398 g/mol. The molecule has 0 aliphatic heterocycles. The molecule has 0 amide bonds. The molecule has 0 aromatic heterocycles. The third-order valence-electron chi connectivity index (χ3n) is 3.29. The maximum absolute atomic E-state index is 12.4. The number of carbonyl (C=O) groups is 1. The third kappa shape index (κ3) is 4.19. The van der Waals surface area contributed by atoms with E-state index in [2.05, 4.69) is 25.4 Å². The summed E-state index contributed by atoms with van der Waals surface area (Å²) < 4.78 is 32.9. The number of benzene rings is 2. The van der Waals surface area contributed by atoms with Crippen LogP contribution in [0.4, 0.5) is 0 Å². The molecule has 5 nitrogen and oxygen atoms in total. The molecule has 2 aromatic carbocycles. The van der Waals surface area contributed by atoms with Crippen LogP contribution in [0.2, 0.25) is 0 Å². The van der Waals surface area contributed by atoms with Gasteiger partial charge in [-0.25, -0.2) is 17.9 Å². The Balaban J connectivity index is 2.22. The molecular formula is C16H16BrNO4S. The van der Waals surface area contributed by atoms with Crippen LogP contribution in [-0.4, -0.2) is 21.5 Å². The van der Waals surface area contributed by atoms with Crippen molar-refractivity contribution in [3.8, 4) is 0 Å². The highest BCUT2D eigenvalue weighted by molar-refractivity contribution is 9.10. The van der Waals surface area contributed by atoms with Crippen molar-refractivity contribution in [3.63, 3.8) is 0 Å². The molecule has 122 valence electrons. The molecule has 2 rings (SSSR count). The van der Waals surface area contributed by atoms with E-state index in [4.69, 9.17) is 0 Å². The molecule has 0 spiro atoms. The van der Waals surface area contributed by atoms with Gasteiger partial charge in [-0.3, -0.25) is 0 Å². The number of carbonyl (C=O) groups excluding carboxylic acids is 1. The standard InChI is InChI=1S/C16H16BrNO4S/c1-11(14-5-3-4-6-15(14)17)18-23(20,21)13-9-7-12(8-10-13)16(19)22-2/h3-11,18H,1-2H3/t11-/m1/s1. The van der Waals surface area contributed by atoms with E-state index < -0.39 is 22.0 Å². The monoisotopic (exact) mass is 397 g/mol. The second kappa shape index (κ2) is 7.25. The van der Waals surface area contributed by atoms with Crippen molar-refractivity contribution in [2.45, 2.75) is 17.9 Å². The lowest BCUT2D eigenvalue weighted by Crippen LogP contribution is -2.27. The van der Waals surface area contributed by atoms with Crippen LogP contribution in [0, 0.1) is 0 Å². The number of ether oxygens (including phenoxy) is 1. The largest absolute Gasteiger partial charge is 0.465 e. The zero-order valence-electron chi connectivity index (χ0n) is 12.6. The topological polar surface area (TPSA) is 72.5 Å². The number of esters is 1. The van der Waals surface area contributed by atoms with E-state index in [0.29, 0.717) is 5.56 Å². The first-order chi connectivity index (χ1) is 10.8. The summed E-state index contributed by atoms with van der Waals surface area (Å²) >= 11 is 3.41. The van der Waals surface area contributed by atoms with E-state index in [1.54, 1.807) is 6.92 Å². The fraction of sp³-hybridized carbons (Fsp3) is 0.188. The van der Waals surface area contributed by atoms with Crippen molar-refractivity contribution in [3.05, 3.63) is 64.1 Å². The van der Waals surface area contributed by atoms with Crippen molar-refractivity contribution >= 4 is 31.9 Å². The molecular weight excluding hydrogens is 382 g/mol. The van der Waals surface area contributed by atoms with Crippen LogP contribution in [0.1, 0.15) is 28.9 Å². The first kappa shape index (κ1) is 17.7. The van der Waals surface area contributed by atoms with Crippen LogP contribution in [-0.2, 0) is 14.8 Å². The van der Waals surface area contributed by atoms with Crippen LogP contribution >= 0.6 is 15.9 Å². The van der Waals surface area contributed by atoms with Crippen molar-refractivity contribution in [2.24, 2.45) is 0 Å². The summed E-state index contributed by atoms with van der Waals surface area (Å²) in [6.07, 6.45) is 0. The zero-order valence-corrected chi connectivity index (χ0v) is 15.0. The summed E-state index contributed by atoms with van der Waals surface area (Å²) in [5.74, 6) is -0.511. The normalized spacial score (nSPS) is 12.7. The highest BCUT2D eigenvalue weighted by Gasteiger charge is 2.20. The van der Waals surface area contributed by atoms with Gasteiger partial charge in [0.25, 0.3) is 0 Å². The summed E-state index contributed by atoms with van der Waals surface area (Å²) in [7, 11) is -2.42. The Hall–Kier alpha value is -1.70. The fourth-order valence-corrected chi connectivity index (χ4v) is 3.93. The Bertz CT molecular complexity index is 803. The van der Waals surface area contributed by atoms with Gasteiger partial charge in [0.05, 0.1) is 17.6 Å². The predicted octanol–water partition coefficient (Wildman–Crippen LogP) is 3.28. The molecule has 1 atom stereocenters. The predicted molar refractivity (Wildman–Crippen MR) is 90.7 cm³/mol. The lowest BCUT2D eigenvalue weighted by atomic mass is 10.1. The lowest BCUT2D eigenvalue weighted by Gasteiger charge is -2.16. The third-order valence-corrected chi connectivity index (χ3v) is 5.57. The molecule has 7 heteroatoms. The Kier molecular flexibility index (Phi) is 5.56. The van der Waals surface area contributed by atoms with Gasteiger partial charge in [-0.05, 0) is 42.8 Å². The second-order valence-corrected chi connectivity index (χ2v) is 7.45. The first-order valence-electron chi connectivity index (χ1n) is 6.80. The Morgan fingerprint density at radius 3 is 2.30 bits per heavy atom. The fourth-order valence-electron chi connectivity index (χ4n) is 2.08. The molecule has 2 aromatic rings. The van der Waals surface area contributed by atoms with Crippen LogP contribution in [0.25, 0.3) is 0 Å². The number of nitrogens with one attached hydrogen (secondary N) is 1. The molecule has 0 heterocycles. The number of methoxy groups -OCH3 is 1. The number of rotatable bonds is 5. The molecule has 23 heavy (non-hydrogen) atoms. The van der Waals surface area contributed by atoms with Crippen LogP contribution < -0.4 is 4.72 Å². The minimum absolute atomic E-state index is 0.0871. The van der Waals surface area contributed by atoms with Gasteiger partial charge in [0.15, 0.2) is 0 Å². The molecule has 1 N–H and O–H groups in total. The van der Waals surface area contributed by atoms with E-state index in [1.807, 2.05) is 24.3 Å². The van der Waals surface area contributed by atoms with Gasteiger partial charge in [-0.15, -0.1) is 0 Å². The highest BCUT2D eigenvalue weighted by Crippen LogP contribution is 2.24. The minimum atomic E-state index is -3.70. The number of halogens is 1. The number of hydrogen-bond acceptors (Lipinski definition) is 4. The van der Waals surface area contributed by atoms with Gasteiger partial charge in [0, 0.05) is 10.5 Å². The van der Waals surface area contributed by atoms with E-state index in [9.17, 15) is 13.2 Å². The summed E-state index contributed by atoms with van der Waals surface area (Å²) in [5.41, 5.74) is 1.13. The van der Waals surface area contributed by atoms with Crippen molar-refractivity contribution < 1.29 is 17.9 Å². The van der Waals surface area contributed by atoms with Gasteiger partial charge < -0.3 is 4.74 Å². The zero-order chi connectivity index (χ0) is 17.0. The molecule has 0 saturated heterocycles. The molecule has 0 aliphatic carbocycles. The first-order valence-corrected chi connectivity index (χ1v) is 9.08. The van der Waals surface area contributed by atoms with E-state index in [-0.39, 0.29) is 4.90 Å². The van der Waals surface area contributed by atoms with Gasteiger partial charge in [-0.1, -0.05) is 34.1 Å². The quantitative estimate of drug-likeness (QED) is 0.785. The van der Waals surface area contributed by atoms with Crippen molar-refractivity contribution in [1.29, 1.82) is 0 Å². The SMILES string of the molecule is COC(=O)c1ccc(S(=O)(=O)N[C@H](C)c2ccccc2Br)cc1. The summed E-state index contributed by atoms with van der Waals surface area (Å²) in [6, 6.07) is 12.6. The summed E-state index contributed by atoms with van der Waals surface area (Å²) in [4.78, 5) is 11.5. The Morgan fingerprint density at radius 1 is 1.13 bits per heavy atom. The van der Waals surface area contributed by atoms with Crippen molar-refractivity contribution in [2.75, 3.05) is 7.11 Å². The van der Waals surface area contributed by atoms with Gasteiger partial charge >= 0.3 is 5.97 Å². The maximum Gasteiger partial charge on any atom is 0.337 e. The maximum atomic E-state index is 12.4. The molecule has 0 bridgehead atoms. The van der Waals surface area contributed by atoms with E-state index in [0.717, 1.165) is 10.0 Å². The summed E-state index contributed by atoms with van der Waals surface area (Å²) in [5, 5.41) is 0. The molecule has 0 saturated carbocycles. The molecule has 0 radical (unpaired) electrons. The van der Waals surface area contributed by atoms with Gasteiger partial charge in [0.1, 0.15) is 0 Å². The molecule has 0 aliphatic rings. The average Bonchev–Trinajstić information content (AvgIpc) is 2.54. The van der Waals surface area contributed by atoms with Crippen LogP contribution in [0.3, 0.4) is 0 Å². The van der Waals surface area contributed by atoms with E-state index >= 15 is 0 Å². The number of hydrogen-bond donors (Lipinski definition) is 1. The minimum Gasteiger partial charge on any atom is -0.465 e. The Labute approximate surface area is 143 Å². The second-order valence-electron chi connectivity index (χ2n) is 4.88. The summed E-state index contributed by atoms with van der Waals surface area (Å²) in [6.45, 7) is 1.76.